The molecule has 0 unspecified atom stereocenters. The van der Waals surface area contributed by atoms with Crippen molar-refractivity contribution in [3.63, 3.8) is 0 Å². The molecule has 0 saturated heterocycles. The minimum Gasteiger partial charge on any atom is -0.492 e. The molecule has 2 rings (SSSR count). The highest BCUT2D eigenvalue weighted by atomic mass is 79.9. The summed E-state index contributed by atoms with van der Waals surface area (Å²) >= 11 is 3.48. The third-order valence-corrected chi connectivity index (χ3v) is 3.96. The number of hydrogen-bond donors (Lipinski definition) is 1. The Morgan fingerprint density at radius 2 is 1.96 bits per heavy atom. The lowest BCUT2D eigenvalue weighted by Crippen LogP contribution is -2.00. The molecule has 0 atom stereocenters. The largest absolute Gasteiger partial charge is 0.492 e. The number of benzene rings is 2. The van der Waals surface area contributed by atoms with Gasteiger partial charge in [-0.1, -0.05) is 49.7 Å². The first-order chi connectivity index (χ1) is 11.1. The van der Waals surface area contributed by atoms with Crippen LogP contribution in [0.15, 0.2) is 53.0 Å². The molecule has 0 saturated carbocycles. The Hall–Kier alpha value is -2.07. The van der Waals surface area contributed by atoms with Crippen LogP contribution in [0.25, 0.3) is 11.6 Å². The Bertz CT molecular complexity index is 693. The second-order valence-corrected chi connectivity index (χ2v) is 5.98. The van der Waals surface area contributed by atoms with Crippen molar-refractivity contribution < 1.29 is 14.6 Å². The van der Waals surface area contributed by atoms with Crippen LogP contribution >= 0.6 is 15.9 Å². The lowest BCUT2D eigenvalue weighted by molar-refractivity contribution is -0.130. The third-order valence-electron chi connectivity index (χ3n) is 3.34. The van der Waals surface area contributed by atoms with Crippen LogP contribution in [0.5, 0.6) is 5.75 Å². The fourth-order valence-electron chi connectivity index (χ4n) is 2.10. The lowest BCUT2D eigenvalue weighted by atomic mass is 10.0. The van der Waals surface area contributed by atoms with Crippen molar-refractivity contribution in [2.75, 3.05) is 6.61 Å². The fourth-order valence-corrected chi connectivity index (χ4v) is 2.61. The summed E-state index contributed by atoms with van der Waals surface area (Å²) < 4.78 is 6.50. The zero-order valence-electron chi connectivity index (χ0n) is 13.0. The van der Waals surface area contributed by atoms with E-state index in [1.807, 2.05) is 36.4 Å². The summed E-state index contributed by atoms with van der Waals surface area (Å²) in [6.07, 6.45) is 3.75. The van der Waals surface area contributed by atoms with Crippen LogP contribution in [-0.2, 0) is 4.79 Å². The van der Waals surface area contributed by atoms with E-state index in [2.05, 4.69) is 22.9 Å². The summed E-state index contributed by atoms with van der Waals surface area (Å²) in [7, 11) is 0. The zero-order chi connectivity index (χ0) is 16.7. The minimum atomic E-state index is -0.949. The summed E-state index contributed by atoms with van der Waals surface area (Å²) in [4.78, 5) is 11.5. The average Bonchev–Trinajstić information content (AvgIpc) is 2.55. The second-order valence-electron chi connectivity index (χ2n) is 5.12. The monoisotopic (exact) mass is 374 g/mol. The molecule has 2 aromatic carbocycles. The molecule has 2 aromatic rings. The van der Waals surface area contributed by atoms with Gasteiger partial charge in [0.2, 0.25) is 0 Å². The summed E-state index contributed by atoms with van der Waals surface area (Å²) in [5.41, 5.74) is 1.75. The van der Waals surface area contributed by atoms with E-state index in [1.165, 1.54) is 0 Å². The van der Waals surface area contributed by atoms with Crippen LogP contribution in [0.2, 0.25) is 0 Å². The lowest BCUT2D eigenvalue weighted by Gasteiger charge is -2.09. The molecule has 0 aliphatic heterocycles. The van der Waals surface area contributed by atoms with Crippen LogP contribution in [0.3, 0.4) is 0 Å². The van der Waals surface area contributed by atoms with Gasteiger partial charge in [-0.05, 0) is 51.7 Å². The van der Waals surface area contributed by atoms with Gasteiger partial charge < -0.3 is 9.84 Å². The van der Waals surface area contributed by atoms with Crippen molar-refractivity contribution >= 4 is 33.5 Å². The van der Waals surface area contributed by atoms with Gasteiger partial charge in [-0.15, -0.1) is 0 Å². The van der Waals surface area contributed by atoms with E-state index in [0.717, 1.165) is 28.6 Å². The van der Waals surface area contributed by atoms with E-state index in [0.29, 0.717) is 12.2 Å². The molecule has 23 heavy (non-hydrogen) atoms. The molecule has 0 aliphatic rings. The van der Waals surface area contributed by atoms with Gasteiger partial charge >= 0.3 is 5.97 Å². The van der Waals surface area contributed by atoms with E-state index in [9.17, 15) is 9.90 Å². The number of hydrogen-bond acceptors (Lipinski definition) is 2. The molecule has 120 valence electrons. The van der Waals surface area contributed by atoms with Gasteiger partial charge in [0.15, 0.2) is 0 Å². The molecule has 0 heterocycles. The number of rotatable bonds is 7. The predicted octanol–water partition coefficient (Wildman–Crippen LogP) is 5.25. The van der Waals surface area contributed by atoms with Crippen molar-refractivity contribution in [3.8, 4) is 5.75 Å². The van der Waals surface area contributed by atoms with Gasteiger partial charge in [0, 0.05) is 0 Å². The smallest absolute Gasteiger partial charge is 0.336 e. The molecule has 0 amide bonds. The first kappa shape index (κ1) is 17.3. The Morgan fingerprint density at radius 3 is 2.57 bits per heavy atom. The van der Waals surface area contributed by atoms with Crippen LogP contribution in [0, 0.1) is 0 Å². The highest BCUT2D eigenvalue weighted by Gasteiger charge is 2.10. The van der Waals surface area contributed by atoms with Gasteiger partial charge in [0.1, 0.15) is 5.75 Å². The molecule has 0 radical (unpaired) electrons. The minimum absolute atomic E-state index is 0.261. The van der Waals surface area contributed by atoms with E-state index in [-0.39, 0.29) is 5.57 Å². The number of aliphatic carboxylic acids is 1. The highest BCUT2D eigenvalue weighted by molar-refractivity contribution is 9.10. The third kappa shape index (κ3) is 4.96. The standard InChI is InChI=1S/C19H19BrO3/c1-2-3-11-23-18-10-9-14(13-17(18)20)12-16(19(21)22)15-7-5-4-6-8-15/h4-10,12-13H,2-3,11H2,1H3,(H,21,22)/b16-12-. The summed E-state index contributed by atoms with van der Waals surface area (Å²) in [6, 6.07) is 14.7. The van der Waals surface area contributed by atoms with Crippen LogP contribution < -0.4 is 4.74 Å². The molecule has 0 spiro atoms. The molecule has 0 fully saturated rings. The maximum absolute atomic E-state index is 11.5. The van der Waals surface area contributed by atoms with Crippen molar-refractivity contribution in [2.24, 2.45) is 0 Å². The van der Waals surface area contributed by atoms with E-state index >= 15 is 0 Å². The quantitative estimate of drug-likeness (QED) is 0.408. The van der Waals surface area contributed by atoms with Crippen molar-refractivity contribution in [2.45, 2.75) is 19.8 Å². The molecule has 3 nitrogen and oxygen atoms in total. The van der Waals surface area contributed by atoms with Crippen LogP contribution in [0.1, 0.15) is 30.9 Å². The van der Waals surface area contributed by atoms with Crippen molar-refractivity contribution in [1.82, 2.24) is 0 Å². The Morgan fingerprint density at radius 1 is 1.22 bits per heavy atom. The summed E-state index contributed by atoms with van der Waals surface area (Å²) in [6.45, 7) is 2.79. The molecule has 1 N–H and O–H groups in total. The molecule has 0 aliphatic carbocycles. The maximum atomic E-state index is 11.5. The highest BCUT2D eigenvalue weighted by Crippen LogP contribution is 2.28. The van der Waals surface area contributed by atoms with Crippen molar-refractivity contribution in [3.05, 3.63) is 64.1 Å². The Labute approximate surface area is 144 Å². The molecule has 0 aromatic heterocycles. The predicted molar refractivity (Wildman–Crippen MR) is 96.5 cm³/mol. The summed E-state index contributed by atoms with van der Waals surface area (Å²) in [5.74, 6) is -0.178. The number of carbonyl (C=O) groups is 1. The molecule has 4 heteroatoms. The summed E-state index contributed by atoms with van der Waals surface area (Å²) in [5, 5.41) is 9.45. The number of unbranched alkanes of at least 4 members (excludes halogenated alkanes) is 1. The number of carboxylic acid groups (broad SMARTS) is 1. The normalized spacial score (nSPS) is 11.3. The molecular formula is C19H19BrO3. The Balaban J connectivity index is 2.26. The van der Waals surface area contributed by atoms with Gasteiger partial charge in [-0.3, -0.25) is 0 Å². The Kier molecular flexibility index (Phi) is 6.41. The van der Waals surface area contributed by atoms with Gasteiger partial charge in [-0.2, -0.15) is 0 Å². The number of ether oxygens (including phenoxy) is 1. The van der Waals surface area contributed by atoms with Gasteiger partial charge in [0.05, 0.1) is 16.7 Å². The van der Waals surface area contributed by atoms with E-state index in [1.54, 1.807) is 18.2 Å². The molecule has 0 bridgehead atoms. The number of carboxylic acids is 1. The molecular weight excluding hydrogens is 356 g/mol. The van der Waals surface area contributed by atoms with Gasteiger partial charge in [0.25, 0.3) is 0 Å². The maximum Gasteiger partial charge on any atom is 0.336 e. The van der Waals surface area contributed by atoms with E-state index < -0.39 is 5.97 Å². The second kappa shape index (κ2) is 8.53. The average molecular weight is 375 g/mol. The fraction of sp³-hybridized carbons (Fsp3) is 0.211. The van der Waals surface area contributed by atoms with Crippen LogP contribution in [0.4, 0.5) is 0 Å². The first-order valence-electron chi connectivity index (χ1n) is 7.54. The topological polar surface area (TPSA) is 46.5 Å². The zero-order valence-corrected chi connectivity index (χ0v) is 14.5. The van der Waals surface area contributed by atoms with Gasteiger partial charge in [-0.25, -0.2) is 4.79 Å². The van der Waals surface area contributed by atoms with E-state index in [4.69, 9.17) is 4.74 Å². The SMILES string of the molecule is CCCCOc1ccc(/C=C(\C(=O)O)c2ccccc2)cc1Br. The van der Waals surface area contributed by atoms with Crippen molar-refractivity contribution in [1.29, 1.82) is 0 Å². The first-order valence-corrected chi connectivity index (χ1v) is 8.34. The number of halogens is 1. The van der Waals surface area contributed by atoms with Crippen LogP contribution in [-0.4, -0.2) is 17.7 Å².